The monoisotopic (exact) mass is 559 g/mol. The number of benzene rings is 2. The first-order chi connectivity index (χ1) is 18.5. The molecule has 2 aliphatic heterocycles. The summed E-state index contributed by atoms with van der Waals surface area (Å²) < 4.78 is 20.7. The van der Waals surface area contributed by atoms with E-state index in [-0.39, 0.29) is 6.10 Å². The number of carbonyl (C=O) groups is 1. The van der Waals surface area contributed by atoms with Crippen LogP contribution in [-0.2, 0) is 26.6 Å². The van der Waals surface area contributed by atoms with Gasteiger partial charge in [-0.2, -0.15) is 0 Å². The van der Waals surface area contributed by atoms with E-state index in [2.05, 4.69) is 32.2 Å². The summed E-state index contributed by atoms with van der Waals surface area (Å²) in [5.41, 5.74) is 1.88. The lowest BCUT2D eigenvalue weighted by Crippen LogP contribution is -2.48. The molecule has 2 saturated heterocycles. The molecule has 3 heterocycles. The zero-order valence-corrected chi connectivity index (χ0v) is 22.5. The van der Waals surface area contributed by atoms with Gasteiger partial charge in [-0.05, 0) is 36.4 Å². The van der Waals surface area contributed by atoms with E-state index >= 15 is 0 Å². The molecule has 5 rings (SSSR count). The number of ether oxygens (including phenoxy) is 3. The molecule has 2 unspecified atom stereocenters. The fourth-order valence-electron chi connectivity index (χ4n) is 4.83. The maximum atomic E-state index is 10.4. The summed E-state index contributed by atoms with van der Waals surface area (Å²) in [4.78, 5) is 19.3. The van der Waals surface area contributed by atoms with Crippen LogP contribution in [0.15, 0.2) is 61.2 Å². The molecule has 0 radical (unpaired) electrons. The SMILES string of the molecule is O=CNCCN1CCN(c2ccc(OCC3COC(Cn4ccnc4)(c4ccc(Cl)cc4Cl)O3)cc2)CC1. The molecule has 0 aliphatic carbocycles. The highest BCUT2D eigenvalue weighted by molar-refractivity contribution is 6.35. The van der Waals surface area contributed by atoms with Gasteiger partial charge in [-0.25, -0.2) is 4.98 Å². The van der Waals surface area contributed by atoms with Crippen LogP contribution in [0.5, 0.6) is 5.75 Å². The van der Waals surface area contributed by atoms with Crippen LogP contribution in [0.2, 0.25) is 10.0 Å². The predicted molar refractivity (Wildman–Crippen MR) is 146 cm³/mol. The highest BCUT2D eigenvalue weighted by atomic mass is 35.5. The van der Waals surface area contributed by atoms with Crippen molar-refractivity contribution in [1.82, 2.24) is 19.8 Å². The minimum atomic E-state index is -1.08. The van der Waals surface area contributed by atoms with Gasteiger partial charge >= 0.3 is 0 Å². The number of carbonyl (C=O) groups excluding carboxylic acids is 1. The number of rotatable bonds is 11. The number of nitrogens with zero attached hydrogens (tertiary/aromatic N) is 4. The smallest absolute Gasteiger partial charge is 0.215 e. The largest absolute Gasteiger partial charge is 0.491 e. The summed E-state index contributed by atoms with van der Waals surface area (Å²) in [6, 6.07) is 13.5. The second-order valence-electron chi connectivity index (χ2n) is 9.37. The van der Waals surface area contributed by atoms with E-state index in [1.165, 1.54) is 5.69 Å². The van der Waals surface area contributed by atoms with Gasteiger partial charge in [0.1, 0.15) is 18.5 Å². The van der Waals surface area contributed by atoms with Gasteiger partial charge in [-0.1, -0.05) is 29.3 Å². The normalized spacial score (nSPS) is 21.9. The van der Waals surface area contributed by atoms with E-state index in [0.29, 0.717) is 41.9 Å². The third kappa shape index (κ3) is 6.42. The van der Waals surface area contributed by atoms with Crippen LogP contribution >= 0.6 is 23.2 Å². The molecule has 1 aromatic heterocycles. The van der Waals surface area contributed by atoms with E-state index < -0.39 is 5.79 Å². The third-order valence-electron chi connectivity index (χ3n) is 6.82. The molecule has 2 atom stereocenters. The fourth-order valence-corrected chi connectivity index (χ4v) is 5.38. The fraction of sp³-hybridized carbons (Fsp3) is 0.407. The lowest BCUT2D eigenvalue weighted by molar-refractivity contribution is -0.189. The molecule has 38 heavy (non-hydrogen) atoms. The maximum Gasteiger partial charge on any atom is 0.215 e. The number of amides is 1. The lowest BCUT2D eigenvalue weighted by Gasteiger charge is -2.36. The molecule has 1 N–H and O–H groups in total. The molecule has 202 valence electrons. The summed E-state index contributed by atoms with van der Waals surface area (Å²) in [7, 11) is 0. The van der Waals surface area contributed by atoms with Crippen LogP contribution in [-0.4, -0.2) is 79.4 Å². The Hall–Kier alpha value is -2.82. The van der Waals surface area contributed by atoms with Crippen molar-refractivity contribution in [2.24, 2.45) is 0 Å². The molecule has 11 heteroatoms. The van der Waals surface area contributed by atoms with Crippen LogP contribution in [0.1, 0.15) is 5.56 Å². The molecule has 9 nitrogen and oxygen atoms in total. The van der Waals surface area contributed by atoms with E-state index in [9.17, 15) is 4.79 Å². The number of nitrogens with one attached hydrogen (secondary N) is 1. The van der Waals surface area contributed by atoms with E-state index in [1.54, 1.807) is 24.7 Å². The quantitative estimate of drug-likeness (QED) is 0.285. The van der Waals surface area contributed by atoms with Crippen LogP contribution in [0.4, 0.5) is 5.69 Å². The van der Waals surface area contributed by atoms with Gasteiger partial charge < -0.3 is 29.0 Å². The highest BCUT2D eigenvalue weighted by Crippen LogP contribution is 2.40. The third-order valence-corrected chi connectivity index (χ3v) is 7.36. The molecule has 0 bridgehead atoms. The maximum absolute atomic E-state index is 10.4. The Kier molecular flexibility index (Phi) is 8.71. The van der Waals surface area contributed by atoms with Crippen molar-refractivity contribution in [2.75, 3.05) is 57.4 Å². The molecular formula is C27H31Cl2N5O4. The Morgan fingerprint density at radius 3 is 2.66 bits per heavy atom. The number of piperazine rings is 1. The number of aromatic nitrogens is 2. The van der Waals surface area contributed by atoms with Crippen LogP contribution in [0, 0.1) is 0 Å². The number of halogens is 2. The molecule has 3 aromatic rings. The van der Waals surface area contributed by atoms with E-state index in [4.69, 9.17) is 37.4 Å². The molecule has 1 amide bonds. The topological polar surface area (TPSA) is 81.1 Å². The predicted octanol–water partition coefficient (Wildman–Crippen LogP) is 3.41. The van der Waals surface area contributed by atoms with Crippen molar-refractivity contribution < 1.29 is 19.0 Å². The Morgan fingerprint density at radius 1 is 1.13 bits per heavy atom. The Morgan fingerprint density at radius 2 is 1.95 bits per heavy atom. The lowest BCUT2D eigenvalue weighted by atomic mass is 10.1. The summed E-state index contributed by atoms with van der Waals surface area (Å²) in [6.07, 6.45) is 5.75. The number of imidazole rings is 1. The Labute approximate surface area is 232 Å². The first kappa shape index (κ1) is 26.8. The zero-order valence-electron chi connectivity index (χ0n) is 21.0. The van der Waals surface area contributed by atoms with Gasteiger partial charge in [-0.3, -0.25) is 9.69 Å². The van der Waals surface area contributed by atoms with Crippen LogP contribution < -0.4 is 15.0 Å². The summed E-state index contributed by atoms with van der Waals surface area (Å²) in [5, 5.41) is 3.75. The van der Waals surface area contributed by atoms with Crippen molar-refractivity contribution in [3.05, 3.63) is 76.8 Å². The molecule has 2 aliphatic rings. The first-order valence-electron chi connectivity index (χ1n) is 12.6. The van der Waals surface area contributed by atoms with Crippen molar-refractivity contribution in [3.63, 3.8) is 0 Å². The summed E-state index contributed by atoms with van der Waals surface area (Å²) in [6.45, 7) is 6.47. The van der Waals surface area contributed by atoms with Crippen LogP contribution in [0.3, 0.4) is 0 Å². The minimum absolute atomic E-state index is 0.285. The van der Waals surface area contributed by atoms with Crippen LogP contribution in [0.25, 0.3) is 0 Å². The highest BCUT2D eigenvalue weighted by Gasteiger charge is 2.45. The van der Waals surface area contributed by atoms with Gasteiger partial charge in [0.05, 0.1) is 24.5 Å². The van der Waals surface area contributed by atoms with Crippen molar-refractivity contribution in [2.45, 2.75) is 18.4 Å². The summed E-state index contributed by atoms with van der Waals surface area (Å²) in [5.74, 6) is -0.307. The van der Waals surface area contributed by atoms with Gasteiger partial charge in [0.25, 0.3) is 0 Å². The van der Waals surface area contributed by atoms with E-state index in [0.717, 1.165) is 44.9 Å². The van der Waals surface area contributed by atoms with Crippen molar-refractivity contribution >= 4 is 35.3 Å². The average Bonchev–Trinajstić information content (AvgIpc) is 3.59. The molecular weight excluding hydrogens is 529 g/mol. The van der Waals surface area contributed by atoms with Crippen molar-refractivity contribution in [1.29, 1.82) is 0 Å². The van der Waals surface area contributed by atoms with Crippen molar-refractivity contribution in [3.8, 4) is 5.75 Å². The standard InChI is InChI=1S/C27H31Cl2N5O4/c28-21-1-6-25(26(29)15-21)27(18-33-10-7-30-19-33)37-17-24(38-27)16-36-23-4-2-22(3-5-23)34-13-11-32(12-14-34)9-8-31-20-35/h1-7,10,15,19-20,24H,8-9,11-14,16-18H2,(H,31,35). The average molecular weight is 560 g/mol. The zero-order chi connectivity index (χ0) is 26.4. The molecule has 0 spiro atoms. The van der Waals surface area contributed by atoms with E-state index in [1.807, 2.05) is 29.0 Å². The van der Waals surface area contributed by atoms with Gasteiger partial charge in [0.15, 0.2) is 0 Å². The molecule has 2 fully saturated rings. The number of anilines is 1. The Balaban J connectivity index is 1.17. The van der Waals surface area contributed by atoms with Gasteiger partial charge in [0.2, 0.25) is 12.2 Å². The second-order valence-corrected chi connectivity index (χ2v) is 10.2. The molecule has 0 saturated carbocycles. The number of hydrogen-bond acceptors (Lipinski definition) is 7. The number of hydrogen-bond donors (Lipinski definition) is 1. The molecule has 2 aromatic carbocycles. The Bertz CT molecular complexity index is 1190. The summed E-state index contributed by atoms with van der Waals surface area (Å²) >= 11 is 12.7. The van der Waals surface area contributed by atoms with Gasteiger partial charge in [-0.15, -0.1) is 0 Å². The first-order valence-corrected chi connectivity index (χ1v) is 13.4. The second kappa shape index (κ2) is 12.4. The minimum Gasteiger partial charge on any atom is -0.491 e. The van der Waals surface area contributed by atoms with Gasteiger partial charge in [0, 0.05) is 67.9 Å².